The van der Waals surface area contributed by atoms with Gasteiger partial charge in [-0.15, -0.1) is 0 Å². The Kier molecular flexibility index (Phi) is 7.56. The van der Waals surface area contributed by atoms with Crippen molar-refractivity contribution in [2.45, 2.75) is 38.5 Å². The van der Waals surface area contributed by atoms with Gasteiger partial charge in [-0.1, -0.05) is 92.2 Å². The number of amides is 1. The van der Waals surface area contributed by atoms with Crippen molar-refractivity contribution in [2.75, 3.05) is 13.2 Å². The van der Waals surface area contributed by atoms with Crippen LogP contribution in [0.4, 0.5) is 0 Å². The van der Waals surface area contributed by atoms with Gasteiger partial charge in [0.15, 0.2) is 0 Å². The van der Waals surface area contributed by atoms with Crippen LogP contribution in [0.5, 0.6) is 0 Å². The molecule has 0 aromatic heterocycles. The van der Waals surface area contributed by atoms with E-state index in [4.69, 9.17) is 4.74 Å². The monoisotopic (exact) mass is 441 g/mol. The number of ether oxygens (including phenoxy) is 1. The van der Waals surface area contributed by atoms with Gasteiger partial charge in [0.05, 0.1) is 12.3 Å². The quantitative estimate of drug-likeness (QED) is 0.334. The van der Waals surface area contributed by atoms with E-state index < -0.39 is 5.92 Å². The molecule has 3 aromatic carbocycles. The second kappa shape index (κ2) is 11.0. The summed E-state index contributed by atoms with van der Waals surface area (Å²) >= 11 is 0. The first-order chi connectivity index (χ1) is 16.2. The fourth-order valence-corrected chi connectivity index (χ4v) is 4.56. The van der Waals surface area contributed by atoms with Crippen LogP contribution in [0.3, 0.4) is 0 Å². The van der Waals surface area contributed by atoms with E-state index in [-0.39, 0.29) is 30.8 Å². The lowest BCUT2D eigenvalue weighted by molar-refractivity contribution is -0.147. The van der Waals surface area contributed by atoms with Crippen molar-refractivity contribution in [3.8, 4) is 11.1 Å². The summed E-state index contributed by atoms with van der Waals surface area (Å²) < 4.78 is 5.76. The zero-order valence-corrected chi connectivity index (χ0v) is 19.1. The molecular formula is C29H31NO3. The number of hydrogen-bond acceptors (Lipinski definition) is 3. The minimum Gasteiger partial charge on any atom is -0.465 e. The molecule has 0 saturated heterocycles. The van der Waals surface area contributed by atoms with Crippen LogP contribution in [0.2, 0.25) is 0 Å². The molecule has 1 aliphatic rings. The number of carbonyl (C=O) groups excluding carboxylic acids is 2. The number of hydrogen-bond donors (Lipinski definition) is 1. The summed E-state index contributed by atoms with van der Waals surface area (Å²) in [6.07, 6.45) is 2.52. The summed E-state index contributed by atoms with van der Waals surface area (Å²) in [5.74, 6) is -0.837. The largest absolute Gasteiger partial charge is 0.465 e. The third kappa shape index (κ3) is 5.51. The summed E-state index contributed by atoms with van der Waals surface area (Å²) in [5.41, 5.74) is 5.81. The number of fused-ring (bicyclic) bond motifs is 3. The number of rotatable bonds is 10. The van der Waals surface area contributed by atoms with E-state index in [1.54, 1.807) is 0 Å². The van der Waals surface area contributed by atoms with Crippen LogP contribution >= 0.6 is 0 Å². The molecule has 0 spiro atoms. The van der Waals surface area contributed by atoms with Crippen LogP contribution in [-0.4, -0.2) is 25.0 Å². The van der Waals surface area contributed by atoms with Crippen LogP contribution in [0, 0.1) is 5.92 Å². The molecule has 170 valence electrons. The summed E-state index contributed by atoms with van der Waals surface area (Å²) in [6.45, 7) is 3.00. The Morgan fingerprint density at radius 2 is 1.48 bits per heavy atom. The van der Waals surface area contributed by atoms with E-state index in [2.05, 4.69) is 36.5 Å². The minimum atomic E-state index is -0.445. The number of nitrogens with one attached hydrogen (secondary N) is 1. The second-order valence-corrected chi connectivity index (χ2v) is 8.65. The molecule has 0 bridgehead atoms. The molecule has 4 heteroatoms. The van der Waals surface area contributed by atoms with Crippen LogP contribution < -0.4 is 5.32 Å². The van der Waals surface area contributed by atoms with E-state index in [0.717, 1.165) is 18.4 Å². The van der Waals surface area contributed by atoms with Crippen molar-refractivity contribution in [3.63, 3.8) is 0 Å². The molecule has 3 aromatic rings. The highest BCUT2D eigenvalue weighted by atomic mass is 16.5. The number of esters is 1. The maximum absolute atomic E-state index is 12.9. The second-order valence-electron chi connectivity index (χ2n) is 8.65. The molecule has 0 radical (unpaired) electrons. The van der Waals surface area contributed by atoms with Crippen LogP contribution in [0.15, 0.2) is 78.9 Å². The molecular weight excluding hydrogens is 410 g/mol. The van der Waals surface area contributed by atoms with E-state index in [9.17, 15) is 9.59 Å². The van der Waals surface area contributed by atoms with Crippen LogP contribution in [-0.2, 0) is 20.7 Å². The van der Waals surface area contributed by atoms with Gasteiger partial charge in [0.2, 0.25) is 5.91 Å². The highest BCUT2D eigenvalue weighted by Gasteiger charge is 2.30. The van der Waals surface area contributed by atoms with E-state index in [1.165, 1.54) is 22.3 Å². The third-order valence-electron chi connectivity index (χ3n) is 6.31. The fraction of sp³-hybridized carbons (Fsp3) is 0.310. The van der Waals surface area contributed by atoms with Crippen molar-refractivity contribution >= 4 is 11.9 Å². The highest BCUT2D eigenvalue weighted by Crippen LogP contribution is 2.44. The molecule has 1 amide bonds. The molecule has 0 saturated carbocycles. The fourth-order valence-electron chi connectivity index (χ4n) is 4.56. The smallest absolute Gasteiger partial charge is 0.306 e. The Morgan fingerprint density at radius 3 is 2.12 bits per heavy atom. The maximum atomic E-state index is 12.9. The zero-order chi connectivity index (χ0) is 23.0. The topological polar surface area (TPSA) is 55.4 Å². The van der Waals surface area contributed by atoms with Crippen LogP contribution in [0.25, 0.3) is 11.1 Å². The average molecular weight is 442 g/mol. The molecule has 1 N–H and O–H groups in total. The predicted octanol–water partition coefficient (Wildman–Crippen LogP) is 5.51. The van der Waals surface area contributed by atoms with E-state index >= 15 is 0 Å². The van der Waals surface area contributed by atoms with Gasteiger partial charge in [-0.2, -0.15) is 0 Å². The number of unbranched alkanes of at least 4 members (excludes halogenated alkanes) is 1. The maximum Gasteiger partial charge on any atom is 0.306 e. The summed E-state index contributed by atoms with van der Waals surface area (Å²) in [6, 6.07) is 26.4. The predicted molar refractivity (Wildman–Crippen MR) is 131 cm³/mol. The third-order valence-corrected chi connectivity index (χ3v) is 6.31. The molecule has 4 rings (SSSR count). The summed E-state index contributed by atoms with van der Waals surface area (Å²) in [7, 11) is 0. The van der Waals surface area contributed by atoms with Gasteiger partial charge in [-0.25, -0.2) is 0 Å². The Balaban J connectivity index is 1.42. The van der Waals surface area contributed by atoms with Gasteiger partial charge in [-0.05, 0) is 40.7 Å². The first-order valence-electron chi connectivity index (χ1n) is 11.8. The molecule has 4 nitrogen and oxygen atoms in total. The minimum absolute atomic E-state index is 0.0207. The highest BCUT2D eigenvalue weighted by molar-refractivity contribution is 5.84. The molecule has 1 aliphatic carbocycles. The Bertz CT molecular complexity index is 1050. The lowest BCUT2D eigenvalue weighted by Crippen LogP contribution is -2.34. The van der Waals surface area contributed by atoms with Gasteiger partial charge in [0.25, 0.3) is 0 Å². The molecule has 1 unspecified atom stereocenters. The average Bonchev–Trinajstić information content (AvgIpc) is 3.17. The number of benzene rings is 3. The summed E-state index contributed by atoms with van der Waals surface area (Å²) in [4.78, 5) is 25.7. The normalized spacial score (nSPS) is 13.1. The molecule has 0 aliphatic heterocycles. The molecule has 33 heavy (non-hydrogen) atoms. The van der Waals surface area contributed by atoms with Crippen molar-refractivity contribution in [3.05, 3.63) is 95.6 Å². The lowest BCUT2D eigenvalue weighted by Gasteiger charge is -2.18. The lowest BCUT2D eigenvalue weighted by atomic mass is 9.95. The summed E-state index contributed by atoms with van der Waals surface area (Å²) in [5, 5.41) is 2.99. The van der Waals surface area contributed by atoms with Gasteiger partial charge < -0.3 is 10.1 Å². The van der Waals surface area contributed by atoms with E-state index in [1.807, 2.05) is 54.6 Å². The van der Waals surface area contributed by atoms with E-state index in [0.29, 0.717) is 13.0 Å². The number of carbonyl (C=O) groups is 2. The standard InChI is InChI=1S/C29H31NO3/c1-2-3-17-30-29(32)22(18-21-11-5-4-6-12-21)19-28(31)33-20-27-25-15-9-7-13-23(25)24-14-8-10-16-26(24)27/h4-16,22,27H,2-3,17-20H2,1H3,(H,30,32). The molecule has 0 fully saturated rings. The SMILES string of the molecule is CCCCNC(=O)C(CC(=O)OCC1c2ccccc2-c2ccccc21)Cc1ccccc1. The van der Waals surface area contributed by atoms with Gasteiger partial charge >= 0.3 is 5.97 Å². The zero-order valence-electron chi connectivity index (χ0n) is 19.1. The Morgan fingerprint density at radius 1 is 0.879 bits per heavy atom. The first kappa shape index (κ1) is 22.8. The van der Waals surface area contributed by atoms with Crippen molar-refractivity contribution < 1.29 is 14.3 Å². The van der Waals surface area contributed by atoms with Crippen molar-refractivity contribution in [2.24, 2.45) is 5.92 Å². The molecule has 1 atom stereocenters. The van der Waals surface area contributed by atoms with Crippen LogP contribution in [0.1, 0.15) is 48.8 Å². The van der Waals surface area contributed by atoms with Gasteiger partial charge in [-0.3, -0.25) is 9.59 Å². The van der Waals surface area contributed by atoms with Crippen molar-refractivity contribution in [1.82, 2.24) is 5.32 Å². The Labute approximate surface area is 196 Å². The Hall–Kier alpha value is -3.40. The molecule has 0 heterocycles. The first-order valence-corrected chi connectivity index (χ1v) is 11.8. The van der Waals surface area contributed by atoms with Crippen molar-refractivity contribution in [1.29, 1.82) is 0 Å². The van der Waals surface area contributed by atoms with Gasteiger partial charge in [0, 0.05) is 12.5 Å². The van der Waals surface area contributed by atoms with Gasteiger partial charge in [0.1, 0.15) is 6.61 Å².